The van der Waals surface area contributed by atoms with E-state index in [1.807, 2.05) is 24.3 Å². The van der Waals surface area contributed by atoms with Gasteiger partial charge in [0.1, 0.15) is 5.69 Å². The first kappa shape index (κ1) is 22.3. The van der Waals surface area contributed by atoms with Gasteiger partial charge in [-0.25, -0.2) is 9.99 Å². The number of benzene rings is 2. The van der Waals surface area contributed by atoms with Gasteiger partial charge in [-0.2, -0.15) is 5.10 Å². The average molecular weight is 464 g/mol. The lowest BCUT2D eigenvalue weighted by atomic mass is 10.1. The number of hydrazone groups is 1. The number of anilines is 1. The third kappa shape index (κ3) is 5.12. The molecule has 10 heteroatoms. The van der Waals surface area contributed by atoms with Gasteiger partial charge in [-0.15, -0.1) is 0 Å². The zero-order valence-electron chi connectivity index (χ0n) is 18.0. The Morgan fingerprint density at radius 2 is 1.94 bits per heavy atom. The lowest BCUT2D eigenvalue weighted by Crippen LogP contribution is -2.30. The number of methoxy groups -OCH3 is 2. The number of aromatic nitrogens is 2. The van der Waals surface area contributed by atoms with Gasteiger partial charge >= 0.3 is 5.24 Å². The van der Waals surface area contributed by atoms with Crippen molar-refractivity contribution in [1.29, 1.82) is 0 Å². The van der Waals surface area contributed by atoms with Gasteiger partial charge in [0.25, 0.3) is 5.91 Å². The Hall–Kier alpha value is -3.92. The van der Waals surface area contributed by atoms with Crippen LogP contribution in [0.3, 0.4) is 0 Å². The van der Waals surface area contributed by atoms with E-state index in [1.54, 1.807) is 32.4 Å². The van der Waals surface area contributed by atoms with Crippen molar-refractivity contribution in [3.05, 3.63) is 77.9 Å². The number of hydrogen-bond donors (Lipinski definition) is 1. The number of amides is 2. The minimum atomic E-state index is -0.385. The summed E-state index contributed by atoms with van der Waals surface area (Å²) in [6.07, 6.45) is 4.34. The van der Waals surface area contributed by atoms with Crippen LogP contribution in [0, 0.1) is 0 Å². The van der Waals surface area contributed by atoms with Crippen LogP contribution in [0.4, 0.5) is 10.5 Å². The quantitative estimate of drug-likeness (QED) is 0.568. The summed E-state index contributed by atoms with van der Waals surface area (Å²) in [5.74, 6) is 1.26. The summed E-state index contributed by atoms with van der Waals surface area (Å²) in [6.45, 7) is 0.194. The van der Waals surface area contributed by atoms with Crippen LogP contribution in [0.25, 0.3) is 0 Å². The van der Waals surface area contributed by atoms with Crippen molar-refractivity contribution in [1.82, 2.24) is 15.0 Å². The van der Waals surface area contributed by atoms with Crippen molar-refractivity contribution in [2.45, 2.75) is 6.54 Å². The Labute approximate surface area is 194 Å². The van der Waals surface area contributed by atoms with E-state index in [2.05, 4.69) is 20.4 Å². The Balaban J connectivity index is 1.57. The zero-order valence-corrected chi connectivity index (χ0v) is 18.8. The van der Waals surface area contributed by atoms with E-state index >= 15 is 0 Å². The topological polar surface area (TPSA) is 106 Å². The molecule has 1 aromatic heterocycles. The van der Waals surface area contributed by atoms with Crippen LogP contribution in [0.5, 0.6) is 11.5 Å². The number of hydrogen-bond acceptors (Lipinski definition) is 8. The highest BCUT2D eigenvalue weighted by Crippen LogP contribution is 2.30. The zero-order chi connectivity index (χ0) is 23.2. The number of nitrogens with zero attached hydrogens (tertiary/aromatic N) is 4. The van der Waals surface area contributed by atoms with Gasteiger partial charge in [-0.3, -0.25) is 14.6 Å². The molecule has 0 spiro atoms. The number of ether oxygens (including phenoxy) is 2. The predicted octanol–water partition coefficient (Wildman–Crippen LogP) is 3.82. The summed E-state index contributed by atoms with van der Waals surface area (Å²) in [7, 11) is 3.15. The summed E-state index contributed by atoms with van der Waals surface area (Å²) in [5, 5.41) is 8.65. The van der Waals surface area contributed by atoms with Crippen LogP contribution < -0.4 is 14.8 Å². The van der Waals surface area contributed by atoms with Crippen molar-refractivity contribution in [2.75, 3.05) is 25.3 Å². The Morgan fingerprint density at radius 1 is 1.12 bits per heavy atom. The summed E-state index contributed by atoms with van der Waals surface area (Å²) >= 11 is 1.17. The van der Waals surface area contributed by atoms with E-state index in [0.29, 0.717) is 22.9 Å². The molecule has 0 bridgehead atoms. The summed E-state index contributed by atoms with van der Waals surface area (Å²) in [4.78, 5) is 33.0. The van der Waals surface area contributed by atoms with E-state index in [9.17, 15) is 9.59 Å². The molecule has 0 saturated carbocycles. The van der Waals surface area contributed by atoms with Crippen LogP contribution in [0.15, 0.2) is 66.2 Å². The number of carbonyl (C=O) groups is 2. The summed E-state index contributed by atoms with van der Waals surface area (Å²) in [5.41, 5.74) is 3.08. The molecule has 9 nitrogen and oxygen atoms in total. The number of para-hydroxylation sites is 1. The number of thioether (sulfide) groups is 1. The van der Waals surface area contributed by atoms with Crippen molar-refractivity contribution < 1.29 is 19.1 Å². The molecule has 2 amide bonds. The molecule has 0 radical (unpaired) electrons. The minimum absolute atomic E-state index is 0.172. The first-order chi connectivity index (χ1) is 16.1. The van der Waals surface area contributed by atoms with Gasteiger partial charge in [-0.1, -0.05) is 30.0 Å². The second-order valence-corrected chi connectivity index (χ2v) is 7.86. The van der Waals surface area contributed by atoms with Crippen LogP contribution in [-0.2, 0) is 6.54 Å². The Kier molecular flexibility index (Phi) is 6.84. The van der Waals surface area contributed by atoms with Crippen molar-refractivity contribution in [2.24, 2.45) is 5.10 Å². The maximum absolute atomic E-state index is 12.6. The molecule has 33 heavy (non-hydrogen) atoms. The molecule has 0 atom stereocenters. The highest BCUT2D eigenvalue weighted by molar-refractivity contribution is 8.14. The van der Waals surface area contributed by atoms with Crippen LogP contribution in [0.1, 0.15) is 21.6 Å². The molecule has 0 aliphatic carbocycles. The smallest absolute Gasteiger partial charge is 0.302 e. The summed E-state index contributed by atoms with van der Waals surface area (Å²) in [6, 6.07) is 12.8. The lowest BCUT2D eigenvalue weighted by Gasteiger charge is -2.24. The van der Waals surface area contributed by atoms with E-state index in [1.165, 1.54) is 35.4 Å². The number of carbonyl (C=O) groups excluding carboxylic acids is 2. The molecular formula is C23H21N5O4S. The predicted molar refractivity (Wildman–Crippen MR) is 126 cm³/mol. The fourth-order valence-electron chi connectivity index (χ4n) is 3.22. The van der Waals surface area contributed by atoms with Crippen molar-refractivity contribution >= 4 is 34.3 Å². The van der Waals surface area contributed by atoms with E-state index in [-0.39, 0.29) is 23.4 Å². The maximum atomic E-state index is 12.6. The fourth-order valence-corrected chi connectivity index (χ4v) is 3.96. The average Bonchev–Trinajstić information content (AvgIpc) is 2.86. The Bertz CT molecular complexity index is 1200. The molecule has 0 unspecified atom stereocenters. The van der Waals surface area contributed by atoms with Crippen LogP contribution in [-0.4, -0.2) is 51.8 Å². The van der Waals surface area contributed by atoms with Crippen LogP contribution in [0.2, 0.25) is 0 Å². The molecule has 1 aliphatic rings. The first-order valence-electron chi connectivity index (χ1n) is 9.98. The second kappa shape index (κ2) is 10.1. The monoisotopic (exact) mass is 463 g/mol. The molecule has 4 rings (SSSR count). The molecule has 3 aromatic rings. The summed E-state index contributed by atoms with van der Waals surface area (Å²) < 4.78 is 10.7. The largest absolute Gasteiger partial charge is 0.493 e. The second-order valence-electron chi connectivity index (χ2n) is 6.93. The van der Waals surface area contributed by atoms with Gasteiger partial charge in [0.05, 0.1) is 32.7 Å². The highest BCUT2D eigenvalue weighted by atomic mass is 32.2. The van der Waals surface area contributed by atoms with Crippen molar-refractivity contribution in [3.8, 4) is 11.5 Å². The van der Waals surface area contributed by atoms with E-state index < -0.39 is 0 Å². The van der Waals surface area contributed by atoms with E-state index in [0.717, 1.165) is 16.8 Å². The minimum Gasteiger partial charge on any atom is -0.493 e. The maximum Gasteiger partial charge on any atom is 0.302 e. The number of nitrogens with one attached hydrogen (secondary N) is 1. The van der Waals surface area contributed by atoms with Crippen molar-refractivity contribution in [3.63, 3.8) is 0 Å². The highest BCUT2D eigenvalue weighted by Gasteiger charge is 2.24. The number of rotatable bonds is 7. The normalized spacial score (nSPS) is 13.3. The lowest BCUT2D eigenvalue weighted by molar-refractivity contribution is 0.102. The van der Waals surface area contributed by atoms with Crippen LogP contribution >= 0.6 is 11.8 Å². The van der Waals surface area contributed by atoms with Gasteiger partial charge in [-0.05, 0) is 29.8 Å². The Morgan fingerprint density at radius 3 is 2.70 bits per heavy atom. The molecule has 2 heterocycles. The third-order valence-electron chi connectivity index (χ3n) is 4.88. The molecule has 168 valence electrons. The van der Waals surface area contributed by atoms with E-state index in [4.69, 9.17) is 9.47 Å². The SMILES string of the molecule is COc1ccc(C2=NN(Cc3ccccc3NC(=O)c3cnccn3)C(=O)SC2)cc1OC. The van der Waals surface area contributed by atoms with Gasteiger partial charge in [0.2, 0.25) is 0 Å². The van der Waals surface area contributed by atoms with Gasteiger partial charge in [0.15, 0.2) is 11.5 Å². The van der Waals surface area contributed by atoms with Gasteiger partial charge in [0, 0.05) is 29.4 Å². The standard InChI is InChI=1S/C23H21N5O4S/c1-31-20-8-7-15(11-21(20)32-2)19-14-33-23(30)28(27-19)13-16-5-3-4-6-17(16)26-22(29)18-12-24-9-10-25-18/h3-12H,13-14H2,1-2H3,(H,26,29). The third-order valence-corrected chi connectivity index (χ3v) is 5.76. The molecule has 0 saturated heterocycles. The molecule has 0 fully saturated rings. The first-order valence-corrected chi connectivity index (χ1v) is 11.0. The molecular weight excluding hydrogens is 442 g/mol. The fraction of sp³-hybridized carbons (Fsp3) is 0.174. The molecule has 1 N–H and O–H groups in total. The van der Waals surface area contributed by atoms with Gasteiger partial charge < -0.3 is 14.8 Å². The molecule has 1 aliphatic heterocycles. The molecule has 2 aromatic carbocycles.